The van der Waals surface area contributed by atoms with Crippen molar-refractivity contribution in [1.82, 2.24) is 0 Å². The second-order valence-corrected chi connectivity index (χ2v) is 5.88. The first-order valence-corrected chi connectivity index (χ1v) is 7.27. The van der Waals surface area contributed by atoms with Gasteiger partial charge in [-0.25, -0.2) is 0 Å². The summed E-state index contributed by atoms with van der Waals surface area (Å²) < 4.78 is 12.3. The number of nitrogens with two attached hydrogens (primary N) is 1. The second-order valence-electron chi connectivity index (χ2n) is 4.46. The van der Waals surface area contributed by atoms with Crippen molar-refractivity contribution in [1.29, 1.82) is 0 Å². The van der Waals surface area contributed by atoms with Gasteiger partial charge in [0.15, 0.2) is 0 Å². The average molecular weight is 290 g/mol. The fourth-order valence-corrected chi connectivity index (χ4v) is 3.04. The number of nitro benzene ring substituents is 1. The van der Waals surface area contributed by atoms with E-state index >= 15 is 0 Å². The van der Waals surface area contributed by atoms with Gasteiger partial charge in [0.25, 0.3) is 5.69 Å². The minimum Gasteiger partial charge on any atom is -0.398 e. The van der Waals surface area contributed by atoms with Crippen LogP contribution in [0.4, 0.5) is 11.4 Å². The topological polar surface area (TPSA) is 86.2 Å². The summed E-state index contributed by atoms with van der Waals surface area (Å²) in [7, 11) is -1.32. The molecule has 2 aromatic rings. The van der Waals surface area contributed by atoms with Crippen LogP contribution in [-0.4, -0.2) is 9.13 Å². The molecule has 0 aliphatic rings. The molecular formula is C14H14N2O3S. The van der Waals surface area contributed by atoms with Crippen LogP contribution in [0.1, 0.15) is 11.1 Å². The molecule has 0 spiro atoms. The van der Waals surface area contributed by atoms with E-state index in [-0.39, 0.29) is 11.4 Å². The molecule has 0 aromatic heterocycles. The molecule has 0 saturated carbocycles. The van der Waals surface area contributed by atoms with E-state index in [4.69, 9.17) is 5.73 Å². The number of nitro groups is 1. The molecule has 6 heteroatoms. The Morgan fingerprint density at radius 2 is 2.00 bits per heavy atom. The smallest absolute Gasteiger partial charge is 0.269 e. The Labute approximate surface area is 119 Å². The third-order valence-corrected chi connectivity index (χ3v) is 4.29. The Morgan fingerprint density at radius 3 is 2.65 bits per heavy atom. The van der Waals surface area contributed by atoms with Gasteiger partial charge in [0.05, 0.1) is 26.4 Å². The summed E-state index contributed by atoms with van der Waals surface area (Å²) >= 11 is 0. The summed E-state index contributed by atoms with van der Waals surface area (Å²) in [6.45, 7) is 1.91. The van der Waals surface area contributed by atoms with E-state index in [9.17, 15) is 14.3 Å². The highest BCUT2D eigenvalue weighted by Crippen LogP contribution is 2.22. The van der Waals surface area contributed by atoms with Gasteiger partial charge in [0, 0.05) is 17.8 Å². The van der Waals surface area contributed by atoms with Gasteiger partial charge < -0.3 is 5.73 Å². The average Bonchev–Trinajstić information content (AvgIpc) is 2.38. The predicted octanol–water partition coefficient (Wildman–Crippen LogP) is 2.79. The van der Waals surface area contributed by atoms with E-state index in [1.807, 2.05) is 13.0 Å². The number of aryl methyl sites for hydroxylation is 1. The summed E-state index contributed by atoms with van der Waals surface area (Å²) in [5, 5.41) is 10.7. The summed E-state index contributed by atoms with van der Waals surface area (Å²) in [6, 6.07) is 11.5. The van der Waals surface area contributed by atoms with Crippen molar-refractivity contribution in [3.63, 3.8) is 0 Å². The minimum absolute atomic E-state index is 0.00335. The number of hydrogen-bond donors (Lipinski definition) is 1. The summed E-state index contributed by atoms with van der Waals surface area (Å²) in [4.78, 5) is 10.8. The fourth-order valence-electron chi connectivity index (χ4n) is 1.86. The van der Waals surface area contributed by atoms with Crippen LogP contribution in [0, 0.1) is 17.0 Å². The first kappa shape index (κ1) is 14.2. The van der Waals surface area contributed by atoms with Crippen LogP contribution in [-0.2, 0) is 16.6 Å². The van der Waals surface area contributed by atoms with Gasteiger partial charge in [-0.2, -0.15) is 0 Å². The fraction of sp³-hybridized carbons (Fsp3) is 0.143. The lowest BCUT2D eigenvalue weighted by atomic mass is 10.2. The molecule has 0 aliphatic heterocycles. The summed E-state index contributed by atoms with van der Waals surface area (Å²) in [6.07, 6.45) is 0. The van der Waals surface area contributed by atoms with Crippen molar-refractivity contribution >= 4 is 22.2 Å². The number of nitrogens with zero attached hydrogens (tertiary/aromatic N) is 1. The maximum atomic E-state index is 12.3. The Kier molecular flexibility index (Phi) is 4.14. The lowest BCUT2D eigenvalue weighted by Gasteiger charge is -2.07. The summed E-state index contributed by atoms with van der Waals surface area (Å²) in [5.41, 5.74) is 7.98. The zero-order valence-electron chi connectivity index (χ0n) is 10.9. The van der Waals surface area contributed by atoms with Crippen LogP contribution in [0.15, 0.2) is 47.4 Å². The zero-order valence-corrected chi connectivity index (χ0v) is 11.7. The predicted molar refractivity (Wildman–Crippen MR) is 78.8 cm³/mol. The molecule has 0 radical (unpaired) electrons. The van der Waals surface area contributed by atoms with Crippen LogP contribution in [0.2, 0.25) is 0 Å². The van der Waals surface area contributed by atoms with Gasteiger partial charge in [-0.05, 0) is 30.2 Å². The Hall–Kier alpha value is -2.21. The maximum absolute atomic E-state index is 12.3. The second kappa shape index (κ2) is 5.83. The van der Waals surface area contributed by atoms with Crippen molar-refractivity contribution in [2.24, 2.45) is 0 Å². The molecule has 104 valence electrons. The zero-order chi connectivity index (χ0) is 14.7. The first-order valence-electron chi connectivity index (χ1n) is 5.95. The molecule has 0 amide bonds. The quantitative estimate of drug-likeness (QED) is 0.533. The van der Waals surface area contributed by atoms with Crippen LogP contribution in [0.3, 0.4) is 0 Å². The largest absolute Gasteiger partial charge is 0.398 e. The highest BCUT2D eigenvalue weighted by atomic mass is 32.2. The molecule has 0 aliphatic carbocycles. The van der Waals surface area contributed by atoms with Gasteiger partial charge in [-0.1, -0.05) is 18.2 Å². The third kappa shape index (κ3) is 3.21. The van der Waals surface area contributed by atoms with E-state index in [0.29, 0.717) is 16.1 Å². The highest BCUT2D eigenvalue weighted by molar-refractivity contribution is 7.84. The molecule has 2 rings (SSSR count). The molecule has 0 saturated heterocycles. The molecule has 1 unspecified atom stereocenters. The number of non-ortho nitro benzene ring substituents is 1. The molecule has 0 fully saturated rings. The normalized spacial score (nSPS) is 12.1. The number of nitrogen functional groups attached to an aromatic ring is 1. The van der Waals surface area contributed by atoms with Crippen molar-refractivity contribution < 1.29 is 9.13 Å². The van der Waals surface area contributed by atoms with Gasteiger partial charge in [0.1, 0.15) is 0 Å². The lowest BCUT2D eigenvalue weighted by Crippen LogP contribution is -2.01. The number of benzene rings is 2. The van der Waals surface area contributed by atoms with Crippen molar-refractivity contribution in [2.75, 3.05) is 5.73 Å². The highest BCUT2D eigenvalue weighted by Gasteiger charge is 2.11. The van der Waals surface area contributed by atoms with E-state index in [1.165, 1.54) is 12.1 Å². The number of hydrogen-bond acceptors (Lipinski definition) is 4. The van der Waals surface area contributed by atoms with Gasteiger partial charge in [-0.15, -0.1) is 0 Å². The van der Waals surface area contributed by atoms with Crippen LogP contribution in [0.5, 0.6) is 0 Å². The van der Waals surface area contributed by atoms with Crippen LogP contribution < -0.4 is 5.73 Å². The monoisotopic (exact) mass is 290 g/mol. The van der Waals surface area contributed by atoms with E-state index in [0.717, 1.165) is 5.56 Å². The molecule has 2 aromatic carbocycles. The van der Waals surface area contributed by atoms with Gasteiger partial charge >= 0.3 is 0 Å². The van der Waals surface area contributed by atoms with E-state index < -0.39 is 15.7 Å². The molecule has 0 heterocycles. The molecule has 1 atom stereocenters. The lowest BCUT2D eigenvalue weighted by molar-refractivity contribution is -0.384. The van der Waals surface area contributed by atoms with Crippen molar-refractivity contribution in [3.8, 4) is 0 Å². The van der Waals surface area contributed by atoms with Crippen molar-refractivity contribution in [3.05, 3.63) is 63.7 Å². The Bertz CT molecular complexity index is 686. The summed E-state index contributed by atoms with van der Waals surface area (Å²) in [5.74, 6) is 0.203. The van der Waals surface area contributed by atoms with Crippen LogP contribution in [0.25, 0.3) is 0 Å². The molecular weight excluding hydrogens is 276 g/mol. The van der Waals surface area contributed by atoms with Crippen molar-refractivity contribution in [2.45, 2.75) is 17.6 Å². The van der Waals surface area contributed by atoms with Crippen LogP contribution >= 0.6 is 0 Å². The molecule has 2 N–H and O–H groups in total. The van der Waals surface area contributed by atoms with Gasteiger partial charge in [-0.3, -0.25) is 14.3 Å². The maximum Gasteiger partial charge on any atom is 0.269 e. The van der Waals surface area contributed by atoms with Gasteiger partial charge in [0.2, 0.25) is 0 Å². The Balaban J connectivity index is 2.23. The first-order chi connectivity index (χ1) is 9.47. The minimum atomic E-state index is -1.32. The third-order valence-electron chi connectivity index (χ3n) is 2.83. The number of anilines is 1. The molecule has 5 nitrogen and oxygen atoms in total. The van der Waals surface area contributed by atoms with E-state index in [1.54, 1.807) is 24.3 Å². The SMILES string of the molecule is Cc1ccc(S(=O)Cc2cccc([N+](=O)[O-])c2)c(N)c1. The molecule has 20 heavy (non-hydrogen) atoms. The standard InChI is InChI=1S/C14H14N2O3S/c1-10-5-6-14(13(15)7-10)20(19)9-11-3-2-4-12(8-11)16(17)18/h2-8H,9,15H2,1H3. The molecule has 0 bridgehead atoms. The van der Waals surface area contributed by atoms with E-state index in [2.05, 4.69) is 0 Å². The number of rotatable bonds is 4. The Morgan fingerprint density at radius 1 is 1.25 bits per heavy atom.